The predicted molar refractivity (Wildman–Crippen MR) is 36.0 cm³/mol. The predicted octanol–water partition coefficient (Wildman–Crippen LogP) is 1.78. The molecule has 0 aliphatic carbocycles. The van der Waals surface area contributed by atoms with E-state index >= 15 is 0 Å². The maximum absolute atomic E-state index is 4.91. The Hall–Kier alpha value is 0.0900. The first-order valence-electron chi connectivity index (χ1n) is 2.31. The minimum atomic E-state index is -0.674. The molecule has 0 saturated heterocycles. The van der Waals surface area contributed by atoms with Crippen molar-refractivity contribution in [1.82, 2.24) is 0 Å². The van der Waals surface area contributed by atoms with E-state index in [1.165, 1.54) is 0 Å². The molecule has 0 aromatic rings. The lowest BCUT2D eigenvalue weighted by atomic mass is 10.8. The molecule has 48 valence electrons. The minimum absolute atomic E-state index is 0.674. The molecule has 0 bridgehead atoms. The van der Waals surface area contributed by atoms with Gasteiger partial charge >= 0.3 is 0 Å². The summed E-state index contributed by atoms with van der Waals surface area (Å²) in [4.78, 5) is 0. The Morgan fingerprint density at radius 1 is 1.50 bits per heavy atom. The molecule has 0 aliphatic heterocycles. The second-order valence-corrected chi connectivity index (χ2v) is 2.93. The molecule has 2 nitrogen and oxygen atoms in total. The smallest absolute Gasteiger partial charge is 0.173 e. The highest BCUT2D eigenvalue weighted by Crippen LogP contribution is 2.35. The molecule has 0 rings (SSSR count). The third kappa shape index (κ3) is 3.14. The van der Waals surface area contributed by atoms with Gasteiger partial charge in [-0.1, -0.05) is 6.08 Å². The Labute approximate surface area is 51.4 Å². The lowest BCUT2D eigenvalue weighted by molar-refractivity contribution is 0.343. The molecule has 8 heavy (non-hydrogen) atoms. The largest absolute Gasteiger partial charge is 0.337 e. The molecule has 0 aromatic carbocycles. The molecule has 0 fully saturated rings. The average molecular weight is 134 g/mol. The van der Waals surface area contributed by atoms with Crippen LogP contribution in [0.1, 0.15) is 0 Å². The van der Waals surface area contributed by atoms with E-state index in [0.717, 1.165) is 6.16 Å². The Balaban J connectivity index is 3.20. The van der Waals surface area contributed by atoms with Crippen LogP contribution in [0.4, 0.5) is 0 Å². The molecule has 0 aromatic heterocycles. The van der Waals surface area contributed by atoms with Crippen LogP contribution in [-0.2, 0) is 9.05 Å². The summed E-state index contributed by atoms with van der Waals surface area (Å²) in [5, 5.41) is 0. The summed E-state index contributed by atoms with van der Waals surface area (Å²) in [5.41, 5.74) is 0. The molecule has 0 saturated carbocycles. The van der Waals surface area contributed by atoms with Crippen LogP contribution in [0, 0.1) is 0 Å². The topological polar surface area (TPSA) is 18.5 Å². The van der Waals surface area contributed by atoms with E-state index in [4.69, 9.17) is 9.05 Å². The molecule has 0 spiro atoms. The molecule has 0 atom stereocenters. The summed E-state index contributed by atoms with van der Waals surface area (Å²) < 4.78 is 9.82. The summed E-state index contributed by atoms with van der Waals surface area (Å²) in [6.07, 6.45) is 2.60. The van der Waals surface area contributed by atoms with Gasteiger partial charge in [0.15, 0.2) is 8.38 Å². The monoisotopic (exact) mass is 134 g/mol. The average Bonchev–Trinajstić information content (AvgIpc) is 1.83. The van der Waals surface area contributed by atoms with Crippen molar-refractivity contribution in [1.29, 1.82) is 0 Å². The Kier molecular flexibility index (Phi) is 5.29. The quantitative estimate of drug-likeness (QED) is 0.431. The molecule has 3 heteroatoms. The third-order valence-electron chi connectivity index (χ3n) is 0.685. The van der Waals surface area contributed by atoms with Gasteiger partial charge in [0.25, 0.3) is 0 Å². The van der Waals surface area contributed by atoms with Gasteiger partial charge in [0.1, 0.15) is 0 Å². The summed E-state index contributed by atoms with van der Waals surface area (Å²) in [6, 6.07) is 0. The molecule has 0 unspecified atom stereocenters. The van der Waals surface area contributed by atoms with E-state index in [1.54, 1.807) is 20.3 Å². The maximum atomic E-state index is 4.91. The zero-order chi connectivity index (χ0) is 6.41. The van der Waals surface area contributed by atoms with Crippen LogP contribution in [0.2, 0.25) is 0 Å². The van der Waals surface area contributed by atoms with Crippen molar-refractivity contribution in [3.8, 4) is 0 Å². The van der Waals surface area contributed by atoms with Crippen LogP contribution >= 0.6 is 8.38 Å². The van der Waals surface area contributed by atoms with Gasteiger partial charge in [-0.2, -0.15) is 0 Å². The molecule has 0 aliphatic rings. The van der Waals surface area contributed by atoms with Crippen LogP contribution < -0.4 is 0 Å². The standard InChI is InChI=1S/C5H11O2P/c1-4-5-8(6-2)7-3/h4H,1,5H2,2-3H3. The van der Waals surface area contributed by atoms with Crippen molar-refractivity contribution in [2.24, 2.45) is 0 Å². The first-order valence-corrected chi connectivity index (χ1v) is 3.68. The lowest BCUT2D eigenvalue weighted by Gasteiger charge is -2.07. The normalized spacial score (nSPS) is 9.88. The molecule has 0 heterocycles. The first kappa shape index (κ1) is 8.09. The van der Waals surface area contributed by atoms with E-state index < -0.39 is 8.38 Å². The summed E-state index contributed by atoms with van der Waals surface area (Å²) >= 11 is 0. The summed E-state index contributed by atoms with van der Waals surface area (Å²) in [7, 11) is 2.60. The van der Waals surface area contributed by atoms with Crippen LogP contribution in [0.15, 0.2) is 12.7 Å². The van der Waals surface area contributed by atoms with Crippen LogP contribution in [0.25, 0.3) is 0 Å². The van der Waals surface area contributed by atoms with Crippen LogP contribution in [0.3, 0.4) is 0 Å². The van der Waals surface area contributed by atoms with Gasteiger partial charge in [0, 0.05) is 20.4 Å². The Bertz CT molecular complexity index is 61.4. The third-order valence-corrected chi connectivity index (χ3v) is 2.06. The van der Waals surface area contributed by atoms with Gasteiger partial charge in [0.2, 0.25) is 0 Å². The second-order valence-electron chi connectivity index (χ2n) is 1.17. The Morgan fingerprint density at radius 2 is 2.00 bits per heavy atom. The number of rotatable bonds is 4. The van der Waals surface area contributed by atoms with Crippen molar-refractivity contribution in [3.63, 3.8) is 0 Å². The van der Waals surface area contributed by atoms with E-state index in [1.807, 2.05) is 0 Å². The molecule has 0 radical (unpaired) electrons. The van der Waals surface area contributed by atoms with E-state index in [9.17, 15) is 0 Å². The van der Waals surface area contributed by atoms with Crippen molar-refractivity contribution < 1.29 is 9.05 Å². The van der Waals surface area contributed by atoms with Crippen molar-refractivity contribution >= 4 is 8.38 Å². The molecular formula is C5H11O2P. The number of hydrogen-bond acceptors (Lipinski definition) is 2. The highest BCUT2D eigenvalue weighted by Gasteiger charge is 1.99. The maximum Gasteiger partial charge on any atom is 0.173 e. The van der Waals surface area contributed by atoms with Crippen molar-refractivity contribution in [3.05, 3.63) is 12.7 Å². The highest BCUT2D eigenvalue weighted by atomic mass is 31.2. The fourth-order valence-corrected chi connectivity index (χ4v) is 0.987. The highest BCUT2D eigenvalue weighted by molar-refractivity contribution is 7.47. The van der Waals surface area contributed by atoms with Crippen LogP contribution in [-0.4, -0.2) is 20.4 Å². The minimum Gasteiger partial charge on any atom is -0.337 e. The van der Waals surface area contributed by atoms with Crippen molar-refractivity contribution in [2.45, 2.75) is 0 Å². The van der Waals surface area contributed by atoms with Crippen LogP contribution in [0.5, 0.6) is 0 Å². The zero-order valence-corrected chi connectivity index (χ0v) is 6.15. The molecular weight excluding hydrogens is 123 g/mol. The number of hydrogen-bond donors (Lipinski definition) is 0. The first-order chi connectivity index (χ1) is 3.85. The lowest BCUT2D eigenvalue weighted by Crippen LogP contribution is -1.83. The van der Waals surface area contributed by atoms with E-state index in [0.29, 0.717) is 0 Å². The fraction of sp³-hybridized carbons (Fsp3) is 0.600. The number of allylic oxidation sites excluding steroid dienone is 1. The SMILES string of the molecule is C=CCP(OC)OC. The molecule has 0 amide bonds. The second kappa shape index (κ2) is 5.23. The fourth-order valence-electron chi connectivity index (χ4n) is 0.329. The van der Waals surface area contributed by atoms with Crippen molar-refractivity contribution in [2.75, 3.05) is 20.4 Å². The van der Waals surface area contributed by atoms with Gasteiger partial charge in [-0.25, -0.2) is 0 Å². The molecule has 0 N–H and O–H groups in total. The van der Waals surface area contributed by atoms with Gasteiger partial charge < -0.3 is 9.05 Å². The van der Waals surface area contributed by atoms with Gasteiger partial charge in [-0.05, 0) is 0 Å². The van der Waals surface area contributed by atoms with Gasteiger partial charge in [-0.3, -0.25) is 0 Å². The zero-order valence-electron chi connectivity index (χ0n) is 5.26. The summed E-state index contributed by atoms with van der Waals surface area (Å²) in [5.74, 6) is 0. The van der Waals surface area contributed by atoms with E-state index in [-0.39, 0.29) is 0 Å². The van der Waals surface area contributed by atoms with Gasteiger partial charge in [0.05, 0.1) is 0 Å². The van der Waals surface area contributed by atoms with Gasteiger partial charge in [-0.15, -0.1) is 6.58 Å². The Morgan fingerprint density at radius 3 is 2.12 bits per heavy atom. The van der Waals surface area contributed by atoms with E-state index in [2.05, 4.69) is 6.58 Å². The summed E-state index contributed by atoms with van der Waals surface area (Å²) in [6.45, 7) is 3.55.